The van der Waals surface area contributed by atoms with Gasteiger partial charge >= 0.3 is 0 Å². The van der Waals surface area contributed by atoms with Crippen LogP contribution in [0, 0.1) is 5.41 Å². The molecular formula is C19H27NO2. The fourth-order valence-electron chi connectivity index (χ4n) is 3.55. The lowest BCUT2D eigenvalue weighted by atomic mass is 9.81. The summed E-state index contributed by atoms with van der Waals surface area (Å²) in [5, 5.41) is 3.26. The maximum atomic E-state index is 12.6. The van der Waals surface area contributed by atoms with Crippen LogP contribution in [0.15, 0.2) is 18.2 Å². The highest BCUT2D eigenvalue weighted by Gasteiger charge is 2.44. The molecule has 1 amide bonds. The van der Waals surface area contributed by atoms with Gasteiger partial charge in [0.1, 0.15) is 0 Å². The summed E-state index contributed by atoms with van der Waals surface area (Å²) in [5.41, 5.74) is 3.94. The number of benzene rings is 1. The van der Waals surface area contributed by atoms with Crippen molar-refractivity contribution in [3.63, 3.8) is 0 Å². The van der Waals surface area contributed by atoms with E-state index in [0.717, 1.165) is 12.8 Å². The molecule has 3 rings (SSSR count). The van der Waals surface area contributed by atoms with E-state index in [4.69, 9.17) is 4.74 Å². The van der Waals surface area contributed by atoms with Crippen LogP contribution in [0.3, 0.4) is 0 Å². The van der Waals surface area contributed by atoms with Gasteiger partial charge in [-0.15, -0.1) is 0 Å². The van der Waals surface area contributed by atoms with Crippen LogP contribution in [0.1, 0.15) is 62.3 Å². The van der Waals surface area contributed by atoms with Gasteiger partial charge in [0.05, 0.1) is 24.7 Å². The summed E-state index contributed by atoms with van der Waals surface area (Å²) in [6.07, 6.45) is 6.75. The maximum Gasteiger partial charge on any atom is 0.231 e. The zero-order valence-electron chi connectivity index (χ0n) is 13.8. The van der Waals surface area contributed by atoms with Gasteiger partial charge in [-0.25, -0.2) is 0 Å². The Morgan fingerprint density at radius 2 is 1.95 bits per heavy atom. The molecule has 1 aromatic carbocycles. The Kier molecular flexibility index (Phi) is 4.53. The first-order chi connectivity index (χ1) is 10.7. The minimum Gasteiger partial charge on any atom is -0.379 e. The monoisotopic (exact) mass is 301 g/mol. The number of carbonyl (C=O) groups excluding carboxylic acids is 1. The first kappa shape index (κ1) is 15.5. The highest BCUT2D eigenvalue weighted by Crippen LogP contribution is 2.33. The summed E-state index contributed by atoms with van der Waals surface area (Å²) in [7, 11) is 0. The van der Waals surface area contributed by atoms with Crippen LogP contribution in [0.5, 0.6) is 0 Å². The van der Waals surface area contributed by atoms with Gasteiger partial charge in [-0.05, 0) is 55.2 Å². The van der Waals surface area contributed by atoms with Gasteiger partial charge in [0.2, 0.25) is 5.91 Å². The third-order valence-electron chi connectivity index (χ3n) is 5.40. The van der Waals surface area contributed by atoms with E-state index < -0.39 is 0 Å². The molecule has 3 nitrogen and oxygen atoms in total. The Morgan fingerprint density at radius 3 is 2.55 bits per heavy atom. The molecule has 1 atom stereocenters. The molecule has 1 aromatic rings. The fraction of sp³-hybridized carbons (Fsp3) is 0.632. The summed E-state index contributed by atoms with van der Waals surface area (Å²) in [4.78, 5) is 12.6. The molecule has 1 fully saturated rings. The first-order valence-electron chi connectivity index (χ1n) is 8.69. The van der Waals surface area contributed by atoms with Gasteiger partial charge in [-0.1, -0.05) is 32.0 Å². The normalized spacial score (nSPS) is 20.6. The van der Waals surface area contributed by atoms with Crippen LogP contribution in [0.2, 0.25) is 0 Å². The Balaban J connectivity index is 1.75. The summed E-state index contributed by atoms with van der Waals surface area (Å²) < 4.78 is 5.28. The van der Waals surface area contributed by atoms with Crippen LogP contribution in [0.25, 0.3) is 0 Å². The van der Waals surface area contributed by atoms with Crippen molar-refractivity contribution in [1.29, 1.82) is 0 Å². The van der Waals surface area contributed by atoms with Crippen molar-refractivity contribution in [2.45, 2.75) is 58.4 Å². The zero-order valence-corrected chi connectivity index (χ0v) is 13.8. The van der Waals surface area contributed by atoms with Crippen LogP contribution >= 0.6 is 0 Å². The Bertz CT molecular complexity index is 543. The molecule has 22 heavy (non-hydrogen) atoms. The molecule has 0 saturated carbocycles. The average Bonchev–Trinajstić information content (AvgIpc) is 2.51. The van der Waals surface area contributed by atoms with E-state index in [1.54, 1.807) is 0 Å². The highest BCUT2D eigenvalue weighted by atomic mass is 16.5. The van der Waals surface area contributed by atoms with Crippen molar-refractivity contribution < 1.29 is 9.53 Å². The second kappa shape index (κ2) is 6.41. The van der Waals surface area contributed by atoms with Crippen LogP contribution in [-0.2, 0) is 22.4 Å². The molecule has 1 unspecified atom stereocenters. The SMILES string of the molecule is CCC(NC(=O)C1(CC)COC1)c1ccc2c(c1)CCCC2. The van der Waals surface area contributed by atoms with Gasteiger partial charge in [0.15, 0.2) is 0 Å². The van der Waals surface area contributed by atoms with Crippen molar-refractivity contribution in [2.24, 2.45) is 5.41 Å². The number of hydrogen-bond donors (Lipinski definition) is 1. The first-order valence-corrected chi connectivity index (χ1v) is 8.69. The lowest BCUT2D eigenvalue weighted by Crippen LogP contribution is -2.54. The molecule has 3 heteroatoms. The van der Waals surface area contributed by atoms with E-state index >= 15 is 0 Å². The van der Waals surface area contributed by atoms with Crippen molar-refractivity contribution >= 4 is 5.91 Å². The smallest absolute Gasteiger partial charge is 0.231 e. The van der Waals surface area contributed by atoms with Crippen LogP contribution < -0.4 is 5.32 Å². The summed E-state index contributed by atoms with van der Waals surface area (Å²) in [5.74, 6) is 0.158. The van der Waals surface area contributed by atoms with Crippen molar-refractivity contribution in [3.8, 4) is 0 Å². The van der Waals surface area contributed by atoms with Gasteiger partial charge < -0.3 is 10.1 Å². The quantitative estimate of drug-likeness (QED) is 0.903. The number of fused-ring (bicyclic) bond motifs is 1. The summed E-state index contributed by atoms with van der Waals surface area (Å²) in [6, 6.07) is 6.90. The topological polar surface area (TPSA) is 38.3 Å². The minimum atomic E-state index is -0.290. The number of amides is 1. The van der Waals surface area contributed by atoms with Gasteiger partial charge in [-0.3, -0.25) is 4.79 Å². The summed E-state index contributed by atoms with van der Waals surface area (Å²) in [6.45, 7) is 5.34. The van der Waals surface area contributed by atoms with Gasteiger partial charge in [-0.2, -0.15) is 0 Å². The van der Waals surface area contributed by atoms with Crippen LogP contribution in [0.4, 0.5) is 0 Å². The van der Waals surface area contributed by atoms with E-state index in [0.29, 0.717) is 13.2 Å². The predicted octanol–water partition coefficient (Wildman–Crippen LogP) is 3.56. The molecule has 2 aliphatic rings. The van der Waals surface area contributed by atoms with E-state index in [9.17, 15) is 4.79 Å². The Labute approximate surface area is 133 Å². The molecule has 0 aromatic heterocycles. The van der Waals surface area contributed by atoms with E-state index in [1.807, 2.05) is 0 Å². The van der Waals surface area contributed by atoms with Crippen molar-refractivity contribution in [2.75, 3.05) is 13.2 Å². The average molecular weight is 301 g/mol. The standard InChI is InChI=1S/C19H27NO2/c1-3-17(20-18(21)19(4-2)12-22-13-19)16-10-9-14-7-5-6-8-15(14)11-16/h9-11,17H,3-8,12-13H2,1-2H3,(H,20,21). The molecule has 0 radical (unpaired) electrons. The van der Waals surface area contributed by atoms with Gasteiger partial charge in [0, 0.05) is 0 Å². The second-order valence-electron chi connectivity index (χ2n) is 6.80. The molecule has 1 heterocycles. The lowest BCUT2D eigenvalue weighted by molar-refractivity contribution is -0.163. The fourth-order valence-corrected chi connectivity index (χ4v) is 3.55. The lowest BCUT2D eigenvalue weighted by Gasteiger charge is -2.40. The Hall–Kier alpha value is -1.35. The molecule has 0 bridgehead atoms. The molecule has 1 aliphatic carbocycles. The number of ether oxygens (including phenoxy) is 1. The highest BCUT2D eigenvalue weighted by molar-refractivity contribution is 5.84. The number of nitrogens with one attached hydrogen (secondary N) is 1. The zero-order chi connectivity index (χ0) is 15.6. The molecule has 1 saturated heterocycles. The minimum absolute atomic E-state index is 0.115. The van der Waals surface area contributed by atoms with E-state index in [-0.39, 0.29) is 17.4 Å². The van der Waals surface area contributed by atoms with Crippen molar-refractivity contribution in [3.05, 3.63) is 34.9 Å². The second-order valence-corrected chi connectivity index (χ2v) is 6.80. The molecular weight excluding hydrogens is 274 g/mol. The van der Waals surface area contributed by atoms with E-state index in [2.05, 4.69) is 37.4 Å². The van der Waals surface area contributed by atoms with Crippen LogP contribution in [-0.4, -0.2) is 19.1 Å². The van der Waals surface area contributed by atoms with E-state index in [1.165, 1.54) is 42.4 Å². The van der Waals surface area contributed by atoms with Gasteiger partial charge in [0.25, 0.3) is 0 Å². The maximum absolute atomic E-state index is 12.6. The molecule has 0 spiro atoms. The number of aryl methyl sites for hydroxylation is 2. The Morgan fingerprint density at radius 1 is 1.23 bits per heavy atom. The largest absolute Gasteiger partial charge is 0.379 e. The third kappa shape index (κ3) is 2.79. The summed E-state index contributed by atoms with van der Waals surface area (Å²) >= 11 is 0. The number of carbonyl (C=O) groups is 1. The third-order valence-corrected chi connectivity index (χ3v) is 5.40. The predicted molar refractivity (Wildman–Crippen MR) is 87.8 cm³/mol. The molecule has 1 N–H and O–H groups in total. The number of hydrogen-bond acceptors (Lipinski definition) is 2. The van der Waals surface area contributed by atoms with Crippen molar-refractivity contribution in [1.82, 2.24) is 5.32 Å². The number of rotatable bonds is 5. The molecule has 120 valence electrons. The molecule has 1 aliphatic heterocycles.